The number of carbonyl (C=O) groups is 1. The van der Waals surface area contributed by atoms with Gasteiger partial charge in [0.1, 0.15) is 10.1 Å². The van der Waals surface area contributed by atoms with Crippen LogP contribution in [0.1, 0.15) is 34.6 Å². The highest BCUT2D eigenvalue weighted by Crippen LogP contribution is 2.39. The van der Waals surface area contributed by atoms with Crippen LogP contribution in [0.2, 0.25) is 0 Å². The first-order valence-corrected chi connectivity index (χ1v) is 12.2. The van der Waals surface area contributed by atoms with E-state index in [9.17, 15) is 9.59 Å². The average molecular weight is 454 g/mol. The highest BCUT2D eigenvalue weighted by molar-refractivity contribution is 8.00. The smallest absolute Gasteiger partial charge is 0.263 e. The Kier molecular flexibility index (Phi) is 6.34. The Morgan fingerprint density at radius 1 is 1.39 bits per heavy atom. The number of hydrogen-bond acceptors (Lipinski definition) is 5. The molecule has 0 saturated carbocycles. The Balaban J connectivity index is 1.85. The summed E-state index contributed by atoms with van der Waals surface area (Å²) >= 11 is 2.98. The first-order valence-electron chi connectivity index (χ1n) is 10.5. The van der Waals surface area contributed by atoms with Crippen LogP contribution in [0.4, 0.5) is 0 Å². The van der Waals surface area contributed by atoms with Crippen molar-refractivity contribution >= 4 is 39.2 Å². The highest BCUT2D eigenvalue weighted by atomic mass is 32.2. The molecule has 5 nitrogen and oxygen atoms in total. The van der Waals surface area contributed by atoms with Crippen LogP contribution < -0.4 is 5.56 Å². The van der Waals surface area contributed by atoms with Crippen LogP contribution >= 0.6 is 23.1 Å². The van der Waals surface area contributed by atoms with Crippen molar-refractivity contribution in [3.05, 3.63) is 69.3 Å². The van der Waals surface area contributed by atoms with Crippen molar-refractivity contribution in [3.63, 3.8) is 0 Å². The molecular formula is C24H27N3O2S2. The first kappa shape index (κ1) is 21.8. The molecule has 1 aliphatic carbocycles. The largest absolute Gasteiger partial charge is 0.348 e. The van der Waals surface area contributed by atoms with Crippen LogP contribution in [0.15, 0.2) is 52.9 Å². The van der Waals surface area contributed by atoms with Crippen molar-refractivity contribution in [2.24, 2.45) is 5.92 Å². The molecule has 162 valence electrons. The number of aromatic nitrogens is 2. The molecule has 0 saturated heterocycles. The molecule has 0 fully saturated rings. The maximum atomic E-state index is 13.5. The fourth-order valence-electron chi connectivity index (χ4n) is 4.01. The van der Waals surface area contributed by atoms with Crippen molar-refractivity contribution in [2.45, 2.75) is 43.1 Å². The molecule has 3 aromatic rings. The summed E-state index contributed by atoms with van der Waals surface area (Å²) in [5, 5.41) is 0.840. The quantitative estimate of drug-likeness (QED) is 0.309. The highest BCUT2D eigenvalue weighted by Gasteiger charge is 2.28. The van der Waals surface area contributed by atoms with E-state index < -0.39 is 5.25 Å². The van der Waals surface area contributed by atoms with Gasteiger partial charge in [0.25, 0.3) is 5.56 Å². The number of thioether (sulfide) groups is 1. The molecule has 7 heteroatoms. The SMILES string of the molecule is C=CCn1c(S[C@@H](C(=O)N(C)C)c2ccccc2)nc2sc3c(c2c1=O)CC[C@H](C)C3. The van der Waals surface area contributed by atoms with Gasteiger partial charge in [0, 0.05) is 25.5 Å². The minimum atomic E-state index is -0.480. The van der Waals surface area contributed by atoms with Gasteiger partial charge in [0.05, 0.1) is 5.39 Å². The van der Waals surface area contributed by atoms with Crippen LogP contribution in [0, 0.1) is 5.92 Å². The fourth-order valence-corrected chi connectivity index (χ4v) is 6.69. The van der Waals surface area contributed by atoms with E-state index in [-0.39, 0.29) is 11.5 Å². The Labute approximate surface area is 190 Å². The molecule has 2 aromatic heterocycles. The minimum absolute atomic E-state index is 0.0245. The van der Waals surface area contributed by atoms with Crippen LogP contribution in [-0.2, 0) is 24.2 Å². The molecule has 0 spiro atoms. The number of aryl methyl sites for hydroxylation is 1. The third kappa shape index (κ3) is 4.21. The van der Waals surface area contributed by atoms with Gasteiger partial charge in [0.15, 0.2) is 5.16 Å². The lowest BCUT2D eigenvalue weighted by molar-refractivity contribution is -0.128. The van der Waals surface area contributed by atoms with E-state index in [1.165, 1.54) is 22.2 Å². The molecule has 0 radical (unpaired) electrons. The van der Waals surface area contributed by atoms with Gasteiger partial charge >= 0.3 is 0 Å². The van der Waals surface area contributed by atoms with E-state index in [2.05, 4.69) is 13.5 Å². The van der Waals surface area contributed by atoms with Gasteiger partial charge < -0.3 is 4.90 Å². The number of rotatable bonds is 6. The third-order valence-corrected chi connectivity index (χ3v) is 8.06. The summed E-state index contributed by atoms with van der Waals surface area (Å²) in [6, 6.07) is 9.67. The fraction of sp³-hybridized carbons (Fsp3) is 0.375. The van der Waals surface area contributed by atoms with Crippen molar-refractivity contribution < 1.29 is 4.79 Å². The molecule has 1 aliphatic rings. The van der Waals surface area contributed by atoms with Gasteiger partial charge in [0.2, 0.25) is 5.91 Å². The molecular weight excluding hydrogens is 426 g/mol. The molecule has 1 aromatic carbocycles. The molecule has 0 bridgehead atoms. The molecule has 2 heterocycles. The van der Waals surface area contributed by atoms with Crippen molar-refractivity contribution in [3.8, 4) is 0 Å². The summed E-state index contributed by atoms with van der Waals surface area (Å²) in [6.45, 7) is 6.46. The maximum absolute atomic E-state index is 13.5. The zero-order valence-electron chi connectivity index (χ0n) is 18.1. The number of nitrogens with zero attached hydrogens (tertiary/aromatic N) is 3. The number of thiophene rings is 1. The third-order valence-electron chi connectivity index (χ3n) is 5.68. The van der Waals surface area contributed by atoms with Crippen LogP contribution in [-0.4, -0.2) is 34.5 Å². The molecule has 1 amide bonds. The van der Waals surface area contributed by atoms with E-state index in [0.29, 0.717) is 17.6 Å². The normalized spacial score (nSPS) is 16.7. The van der Waals surface area contributed by atoms with Crippen molar-refractivity contribution in [1.82, 2.24) is 14.5 Å². The lowest BCUT2D eigenvalue weighted by Gasteiger charge is -2.21. The predicted octanol–water partition coefficient (Wildman–Crippen LogP) is 4.69. The number of fused-ring (bicyclic) bond motifs is 3. The van der Waals surface area contributed by atoms with E-state index in [0.717, 1.165) is 35.0 Å². The number of carbonyl (C=O) groups excluding carboxylic acids is 1. The second-order valence-corrected chi connectivity index (χ2v) is 10.4. The standard InChI is InChI=1S/C24H27N3O2S2/c1-5-13-27-22(28)19-17-12-11-15(2)14-18(17)30-21(19)25-24(27)31-20(23(29)26(3)4)16-9-7-6-8-10-16/h5-10,15,20H,1,11-14H2,2-4H3/t15-,20+/m0/s1. The van der Waals surface area contributed by atoms with Gasteiger partial charge in [-0.25, -0.2) is 4.98 Å². The first-order chi connectivity index (χ1) is 14.9. The lowest BCUT2D eigenvalue weighted by Crippen LogP contribution is -2.28. The van der Waals surface area contributed by atoms with Gasteiger partial charge in [-0.15, -0.1) is 17.9 Å². The Morgan fingerprint density at radius 3 is 2.81 bits per heavy atom. The van der Waals surface area contributed by atoms with Crippen LogP contribution in [0.3, 0.4) is 0 Å². The van der Waals surface area contributed by atoms with Gasteiger partial charge in [-0.05, 0) is 36.3 Å². The lowest BCUT2D eigenvalue weighted by atomic mass is 9.89. The minimum Gasteiger partial charge on any atom is -0.348 e. The van der Waals surface area contributed by atoms with Crippen molar-refractivity contribution in [2.75, 3.05) is 14.1 Å². The van der Waals surface area contributed by atoms with E-state index >= 15 is 0 Å². The number of likely N-dealkylation sites (N-methyl/N-ethyl adjacent to an activating group) is 1. The summed E-state index contributed by atoms with van der Waals surface area (Å²) in [6.07, 6.45) is 4.75. The zero-order valence-corrected chi connectivity index (χ0v) is 19.8. The molecule has 31 heavy (non-hydrogen) atoms. The summed E-state index contributed by atoms with van der Waals surface area (Å²) in [5.74, 6) is 0.597. The van der Waals surface area contributed by atoms with Crippen LogP contribution in [0.25, 0.3) is 10.2 Å². The molecule has 2 atom stereocenters. The summed E-state index contributed by atoms with van der Waals surface area (Å²) < 4.78 is 1.67. The average Bonchev–Trinajstić information content (AvgIpc) is 3.11. The van der Waals surface area contributed by atoms with Crippen molar-refractivity contribution in [1.29, 1.82) is 0 Å². The van der Waals surface area contributed by atoms with E-state index in [1.54, 1.807) is 41.0 Å². The predicted molar refractivity (Wildman–Crippen MR) is 129 cm³/mol. The number of amides is 1. The van der Waals surface area contributed by atoms with Gasteiger partial charge in [-0.2, -0.15) is 0 Å². The van der Waals surface area contributed by atoms with Gasteiger partial charge in [-0.3, -0.25) is 14.2 Å². The number of hydrogen-bond donors (Lipinski definition) is 0. The molecule has 0 N–H and O–H groups in total. The number of allylic oxidation sites excluding steroid dienone is 1. The topological polar surface area (TPSA) is 55.2 Å². The van der Waals surface area contributed by atoms with Gasteiger partial charge in [-0.1, -0.05) is 55.1 Å². The number of benzene rings is 1. The summed E-state index contributed by atoms with van der Waals surface area (Å²) in [7, 11) is 3.50. The van der Waals surface area contributed by atoms with E-state index in [1.807, 2.05) is 30.3 Å². The summed E-state index contributed by atoms with van der Waals surface area (Å²) in [4.78, 5) is 35.2. The second kappa shape index (κ2) is 9.01. The molecule has 4 rings (SSSR count). The molecule has 0 unspecified atom stereocenters. The summed E-state index contributed by atoms with van der Waals surface area (Å²) in [5.41, 5.74) is 2.04. The monoisotopic (exact) mass is 453 g/mol. The van der Waals surface area contributed by atoms with E-state index in [4.69, 9.17) is 4.98 Å². The Morgan fingerprint density at radius 2 is 2.13 bits per heavy atom. The maximum Gasteiger partial charge on any atom is 0.263 e. The zero-order chi connectivity index (χ0) is 22.1. The second-order valence-electron chi connectivity index (χ2n) is 8.27. The Hall–Kier alpha value is -2.38. The molecule has 0 aliphatic heterocycles. The Bertz CT molecular complexity index is 1180. The van der Waals surface area contributed by atoms with Crippen LogP contribution in [0.5, 0.6) is 0 Å².